The summed E-state index contributed by atoms with van der Waals surface area (Å²) in [6, 6.07) is 14.7. The van der Waals surface area contributed by atoms with Crippen LogP contribution in [0.4, 0.5) is 5.69 Å². The molecule has 1 aliphatic heterocycles. The van der Waals surface area contributed by atoms with Crippen molar-refractivity contribution in [2.75, 3.05) is 45.2 Å². The maximum atomic E-state index is 5.15. The molecule has 1 aliphatic rings. The van der Waals surface area contributed by atoms with Crippen molar-refractivity contribution in [2.24, 2.45) is 0 Å². The van der Waals surface area contributed by atoms with Gasteiger partial charge in [-0.25, -0.2) is 9.97 Å². The van der Waals surface area contributed by atoms with Gasteiger partial charge in [0.1, 0.15) is 0 Å². The summed E-state index contributed by atoms with van der Waals surface area (Å²) < 4.78 is 5.15. The number of likely N-dealkylation sites (N-methyl/N-ethyl adjacent to an activating group) is 1. The lowest BCUT2D eigenvalue weighted by Gasteiger charge is -2.34. The van der Waals surface area contributed by atoms with Crippen molar-refractivity contribution in [3.8, 4) is 28.3 Å². The Kier molecular flexibility index (Phi) is 4.80. The summed E-state index contributed by atoms with van der Waals surface area (Å²) in [5, 5.41) is 8.42. The second kappa shape index (κ2) is 7.76. The van der Waals surface area contributed by atoms with Crippen molar-refractivity contribution in [3.63, 3.8) is 0 Å². The van der Waals surface area contributed by atoms with Gasteiger partial charge in [0.2, 0.25) is 5.88 Å². The number of hydrogen-bond acceptors (Lipinski definition) is 6. The molecule has 0 amide bonds. The molecule has 0 unspecified atom stereocenters. The largest absolute Gasteiger partial charge is 0.481 e. The lowest BCUT2D eigenvalue weighted by atomic mass is 10.0. The number of aromatic nitrogens is 4. The van der Waals surface area contributed by atoms with Gasteiger partial charge in [-0.3, -0.25) is 5.10 Å². The molecular formula is C23H24N6O. The van der Waals surface area contributed by atoms with Crippen molar-refractivity contribution in [3.05, 3.63) is 54.9 Å². The van der Waals surface area contributed by atoms with Gasteiger partial charge in [-0.1, -0.05) is 12.1 Å². The highest BCUT2D eigenvalue weighted by Gasteiger charge is 2.15. The molecule has 152 valence electrons. The molecule has 7 nitrogen and oxygen atoms in total. The average molecular weight is 400 g/mol. The zero-order valence-electron chi connectivity index (χ0n) is 17.2. The molecule has 0 bridgehead atoms. The summed E-state index contributed by atoms with van der Waals surface area (Å²) in [6.07, 6.45) is 3.66. The molecule has 0 atom stereocenters. The number of anilines is 1. The third kappa shape index (κ3) is 3.48. The standard InChI is InChI=1S/C23H24N6O/c1-28-9-11-29(12-10-28)19-6-3-16(4-7-19)18-13-20-22(26-27-23(20)25-15-18)17-5-8-21(30-2)24-14-17/h3-8,13-15H,9-12H2,1-2H3,(H,25,26,27). The van der Waals surface area contributed by atoms with E-state index in [9.17, 15) is 0 Å². The van der Waals surface area contributed by atoms with E-state index in [2.05, 4.69) is 67.3 Å². The molecule has 5 rings (SSSR count). The Morgan fingerprint density at radius 3 is 2.30 bits per heavy atom. The van der Waals surface area contributed by atoms with E-state index in [1.807, 2.05) is 18.3 Å². The average Bonchev–Trinajstić information content (AvgIpc) is 3.23. The van der Waals surface area contributed by atoms with Crippen LogP contribution < -0.4 is 9.64 Å². The number of pyridine rings is 2. The predicted molar refractivity (Wildman–Crippen MR) is 119 cm³/mol. The molecule has 3 aromatic heterocycles. The summed E-state index contributed by atoms with van der Waals surface area (Å²) in [7, 11) is 3.79. The van der Waals surface area contributed by atoms with Gasteiger partial charge in [-0.2, -0.15) is 5.10 Å². The van der Waals surface area contributed by atoms with Crippen LogP contribution in [-0.4, -0.2) is 65.4 Å². The predicted octanol–water partition coefficient (Wildman–Crippen LogP) is 3.45. The van der Waals surface area contributed by atoms with Gasteiger partial charge < -0.3 is 14.5 Å². The lowest BCUT2D eigenvalue weighted by molar-refractivity contribution is 0.313. The number of hydrogen-bond donors (Lipinski definition) is 1. The molecule has 1 fully saturated rings. The summed E-state index contributed by atoms with van der Waals surface area (Å²) in [6.45, 7) is 4.34. The number of methoxy groups -OCH3 is 1. The van der Waals surface area contributed by atoms with Crippen molar-refractivity contribution in [1.82, 2.24) is 25.1 Å². The topological polar surface area (TPSA) is 70.2 Å². The second-order valence-corrected chi connectivity index (χ2v) is 7.62. The smallest absolute Gasteiger partial charge is 0.212 e. The Balaban J connectivity index is 1.44. The normalized spacial score (nSPS) is 14.9. The molecule has 0 aliphatic carbocycles. The van der Waals surface area contributed by atoms with E-state index < -0.39 is 0 Å². The number of H-pyrrole nitrogens is 1. The third-order valence-corrected chi connectivity index (χ3v) is 5.71. The highest BCUT2D eigenvalue weighted by molar-refractivity contribution is 5.93. The van der Waals surface area contributed by atoms with Gasteiger partial charge in [0.25, 0.3) is 0 Å². The number of ether oxygens (including phenoxy) is 1. The van der Waals surface area contributed by atoms with Crippen LogP contribution in [0, 0.1) is 0 Å². The highest BCUT2D eigenvalue weighted by atomic mass is 16.5. The fraction of sp³-hybridized carbons (Fsp3) is 0.261. The Morgan fingerprint density at radius 2 is 1.60 bits per heavy atom. The van der Waals surface area contributed by atoms with Gasteiger partial charge >= 0.3 is 0 Å². The number of nitrogens with zero attached hydrogens (tertiary/aromatic N) is 5. The molecule has 4 aromatic rings. The van der Waals surface area contributed by atoms with E-state index in [1.165, 1.54) is 5.69 Å². The number of fused-ring (bicyclic) bond motifs is 1. The minimum Gasteiger partial charge on any atom is -0.481 e. The van der Waals surface area contributed by atoms with Crippen LogP contribution in [0.1, 0.15) is 0 Å². The van der Waals surface area contributed by atoms with Crippen molar-refractivity contribution in [1.29, 1.82) is 0 Å². The van der Waals surface area contributed by atoms with Gasteiger partial charge in [0.15, 0.2) is 5.65 Å². The van der Waals surface area contributed by atoms with Crippen molar-refractivity contribution >= 4 is 16.7 Å². The van der Waals surface area contributed by atoms with E-state index in [0.717, 1.165) is 53.9 Å². The number of nitrogens with one attached hydrogen (secondary N) is 1. The van der Waals surface area contributed by atoms with E-state index in [4.69, 9.17) is 4.74 Å². The van der Waals surface area contributed by atoms with Crippen molar-refractivity contribution in [2.45, 2.75) is 0 Å². The molecule has 0 radical (unpaired) electrons. The zero-order valence-corrected chi connectivity index (χ0v) is 17.2. The first-order chi connectivity index (χ1) is 14.7. The summed E-state index contributed by atoms with van der Waals surface area (Å²) in [5.41, 5.74) is 6.03. The molecule has 7 heteroatoms. The molecule has 30 heavy (non-hydrogen) atoms. The minimum atomic E-state index is 0.585. The Bertz CT molecular complexity index is 1140. The van der Waals surface area contributed by atoms with E-state index >= 15 is 0 Å². The van der Waals surface area contributed by atoms with Gasteiger partial charge in [-0.15, -0.1) is 0 Å². The number of piperazine rings is 1. The van der Waals surface area contributed by atoms with Crippen LogP contribution in [0.2, 0.25) is 0 Å². The van der Waals surface area contributed by atoms with E-state index in [-0.39, 0.29) is 0 Å². The summed E-state index contributed by atoms with van der Waals surface area (Å²) >= 11 is 0. The first kappa shape index (κ1) is 18.6. The van der Waals surface area contributed by atoms with Crippen LogP contribution in [0.3, 0.4) is 0 Å². The fourth-order valence-corrected chi connectivity index (χ4v) is 3.86. The monoisotopic (exact) mass is 400 g/mol. The van der Waals surface area contributed by atoms with Crippen LogP contribution in [0.25, 0.3) is 33.4 Å². The first-order valence-electron chi connectivity index (χ1n) is 10.1. The molecule has 1 aromatic carbocycles. The summed E-state index contributed by atoms with van der Waals surface area (Å²) in [4.78, 5) is 13.7. The minimum absolute atomic E-state index is 0.585. The van der Waals surface area contributed by atoms with E-state index in [0.29, 0.717) is 11.5 Å². The number of aromatic amines is 1. The van der Waals surface area contributed by atoms with Crippen LogP contribution in [0.5, 0.6) is 5.88 Å². The third-order valence-electron chi connectivity index (χ3n) is 5.71. The molecule has 0 spiro atoms. The molecule has 1 saturated heterocycles. The van der Waals surface area contributed by atoms with Gasteiger partial charge in [-0.05, 0) is 36.9 Å². The van der Waals surface area contributed by atoms with Crippen LogP contribution in [-0.2, 0) is 0 Å². The van der Waals surface area contributed by atoms with E-state index in [1.54, 1.807) is 13.3 Å². The maximum absolute atomic E-state index is 5.15. The lowest BCUT2D eigenvalue weighted by Crippen LogP contribution is -2.44. The molecule has 0 saturated carbocycles. The highest BCUT2D eigenvalue weighted by Crippen LogP contribution is 2.30. The van der Waals surface area contributed by atoms with Crippen molar-refractivity contribution < 1.29 is 4.74 Å². The van der Waals surface area contributed by atoms with Gasteiger partial charge in [0, 0.05) is 66.8 Å². The molecule has 4 heterocycles. The Hall–Kier alpha value is -3.45. The Labute approximate surface area is 175 Å². The molecular weight excluding hydrogens is 376 g/mol. The van der Waals surface area contributed by atoms with Crippen LogP contribution >= 0.6 is 0 Å². The SMILES string of the molecule is COc1ccc(-c2[nH]nc3ncc(-c4ccc(N5CCN(C)CC5)cc4)cc23)cn1. The zero-order chi connectivity index (χ0) is 20.5. The maximum Gasteiger partial charge on any atom is 0.212 e. The quantitative estimate of drug-likeness (QED) is 0.566. The number of rotatable bonds is 4. The fourth-order valence-electron chi connectivity index (χ4n) is 3.86. The summed E-state index contributed by atoms with van der Waals surface area (Å²) in [5.74, 6) is 0.585. The number of benzene rings is 1. The second-order valence-electron chi connectivity index (χ2n) is 7.62. The van der Waals surface area contributed by atoms with Gasteiger partial charge in [0.05, 0.1) is 12.8 Å². The molecule has 1 N–H and O–H groups in total. The Morgan fingerprint density at radius 1 is 0.867 bits per heavy atom. The first-order valence-corrected chi connectivity index (χ1v) is 10.1. The van der Waals surface area contributed by atoms with Crippen LogP contribution in [0.15, 0.2) is 54.9 Å².